The van der Waals surface area contributed by atoms with Gasteiger partial charge >= 0.3 is 5.97 Å². The minimum absolute atomic E-state index is 0.0123. The van der Waals surface area contributed by atoms with Gasteiger partial charge in [-0.25, -0.2) is 0 Å². The molecule has 46 heavy (non-hydrogen) atoms. The zero-order valence-corrected chi connectivity index (χ0v) is 26.6. The molecule has 1 heterocycles. The second-order valence-electron chi connectivity index (χ2n) is 12.0. The topological polar surface area (TPSA) is 114 Å². The number of allylic oxidation sites excluding steroid dienone is 2. The number of aliphatic hydroxyl groups excluding tert-OH is 1. The molecule has 0 radical (unpaired) electrons. The maximum absolute atomic E-state index is 13.6. The lowest BCUT2D eigenvalue weighted by Crippen LogP contribution is -2.45. The summed E-state index contributed by atoms with van der Waals surface area (Å²) >= 11 is 0. The van der Waals surface area contributed by atoms with Crippen LogP contribution in [-0.2, 0) is 38.6 Å². The van der Waals surface area contributed by atoms with E-state index in [1.165, 1.54) is 0 Å². The summed E-state index contributed by atoms with van der Waals surface area (Å²) in [6.07, 6.45) is 7.62. The molecule has 0 bridgehead atoms. The standard InChI is InChI=1S/C38H46N2O6/c1-28(25-41)39-36(42)24-32-16-10-2-3-11-17-33(22-29-12-6-4-7-13-29)38(44)46-27-34(40-37(32)43)23-30-18-20-35(21-19-30)45-26-31-14-8-5-9-15-31/h2,4-10,12-15,18-21,28,32-34,41H,3,11,16-17,22-27H2,1H3,(H,39,42)(H,40,43). The molecule has 4 atom stereocenters. The van der Waals surface area contributed by atoms with Gasteiger partial charge in [-0.3, -0.25) is 14.4 Å². The average molecular weight is 627 g/mol. The van der Waals surface area contributed by atoms with Crippen molar-refractivity contribution in [1.82, 2.24) is 10.6 Å². The zero-order chi connectivity index (χ0) is 32.6. The number of carbonyl (C=O) groups excluding carboxylic acids is 3. The highest BCUT2D eigenvalue weighted by Crippen LogP contribution is 2.21. The molecule has 3 aromatic rings. The van der Waals surface area contributed by atoms with Crippen LogP contribution in [0.3, 0.4) is 0 Å². The summed E-state index contributed by atoms with van der Waals surface area (Å²) in [5, 5.41) is 15.2. The minimum atomic E-state index is -0.608. The Hall–Kier alpha value is -4.43. The number of benzene rings is 3. The summed E-state index contributed by atoms with van der Waals surface area (Å²) in [7, 11) is 0. The lowest BCUT2D eigenvalue weighted by atomic mass is 9.93. The van der Waals surface area contributed by atoms with Crippen LogP contribution in [0.2, 0.25) is 0 Å². The molecule has 4 rings (SSSR count). The summed E-state index contributed by atoms with van der Waals surface area (Å²) in [6.45, 7) is 1.99. The van der Waals surface area contributed by atoms with Crippen LogP contribution < -0.4 is 15.4 Å². The molecule has 0 aliphatic carbocycles. The van der Waals surface area contributed by atoms with Crippen molar-refractivity contribution in [2.45, 2.75) is 70.6 Å². The molecule has 0 saturated heterocycles. The van der Waals surface area contributed by atoms with E-state index in [-0.39, 0.29) is 43.3 Å². The second kappa shape index (κ2) is 18.5. The van der Waals surface area contributed by atoms with E-state index >= 15 is 0 Å². The fraction of sp³-hybridized carbons (Fsp3) is 0.395. The van der Waals surface area contributed by atoms with Gasteiger partial charge in [0.2, 0.25) is 11.8 Å². The van der Waals surface area contributed by atoms with Gasteiger partial charge in [0.1, 0.15) is 19.0 Å². The summed E-state index contributed by atoms with van der Waals surface area (Å²) < 4.78 is 11.8. The van der Waals surface area contributed by atoms with Gasteiger partial charge in [0, 0.05) is 12.5 Å². The molecule has 0 saturated carbocycles. The molecule has 8 nitrogen and oxygen atoms in total. The maximum atomic E-state index is 13.6. The Balaban J connectivity index is 1.48. The Morgan fingerprint density at radius 2 is 1.59 bits per heavy atom. The van der Waals surface area contributed by atoms with Crippen LogP contribution in [0.5, 0.6) is 5.75 Å². The number of aliphatic hydroxyl groups is 1. The van der Waals surface area contributed by atoms with Crippen LogP contribution >= 0.6 is 0 Å². The van der Waals surface area contributed by atoms with Crippen molar-refractivity contribution >= 4 is 17.8 Å². The van der Waals surface area contributed by atoms with Gasteiger partial charge in [0.05, 0.1) is 24.5 Å². The van der Waals surface area contributed by atoms with Crippen LogP contribution in [0.15, 0.2) is 97.1 Å². The molecule has 4 unspecified atom stereocenters. The normalized spacial score (nSPS) is 20.1. The van der Waals surface area contributed by atoms with Crippen LogP contribution in [0.1, 0.15) is 55.7 Å². The number of esters is 1. The number of amides is 2. The molecule has 0 aromatic heterocycles. The molecule has 244 valence electrons. The highest BCUT2D eigenvalue weighted by atomic mass is 16.5. The lowest BCUT2D eigenvalue weighted by molar-refractivity contribution is -0.150. The predicted molar refractivity (Wildman–Crippen MR) is 178 cm³/mol. The molecular formula is C38H46N2O6. The Labute approximate surface area is 272 Å². The van der Waals surface area contributed by atoms with E-state index in [2.05, 4.69) is 10.6 Å². The van der Waals surface area contributed by atoms with Crippen LogP contribution in [0.25, 0.3) is 0 Å². The van der Waals surface area contributed by atoms with E-state index in [0.717, 1.165) is 35.3 Å². The van der Waals surface area contributed by atoms with Gasteiger partial charge in [0.15, 0.2) is 0 Å². The quantitative estimate of drug-likeness (QED) is 0.196. The van der Waals surface area contributed by atoms with E-state index in [0.29, 0.717) is 32.3 Å². The number of cyclic esters (lactones) is 1. The Bertz CT molecular complexity index is 1390. The number of ether oxygens (including phenoxy) is 2. The molecule has 3 aromatic carbocycles. The monoisotopic (exact) mass is 626 g/mol. The summed E-state index contributed by atoms with van der Waals surface area (Å²) in [5.41, 5.74) is 3.10. The Kier molecular flexibility index (Phi) is 13.9. The third kappa shape index (κ3) is 11.8. The van der Waals surface area contributed by atoms with Crippen LogP contribution in [0.4, 0.5) is 0 Å². The van der Waals surface area contributed by atoms with Crippen molar-refractivity contribution in [2.75, 3.05) is 13.2 Å². The van der Waals surface area contributed by atoms with E-state index in [1.54, 1.807) is 6.92 Å². The minimum Gasteiger partial charge on any atom is -0.489 e. The first-order valence-electron chi connectivity index (χ1n) is 16.2. The number of rotatable bonds is 11. The van der Waals surface area contributed by atoms with Crippen molar-refractivity contribution < 1.29 is 29.0 Å². The van der Waals surface area contributed by atoms with E-state index in [9.17, 15) is 19.5 Å². The summed E-state index contributed by atoms with van der Waals surface area (Å²) in [5.74, 6) is -1.02. The highest BCUT2D eigenvalue weighted by Gasteiger charge is 2.27. The Morgan fingerprint density at radius 1 is 0.913 bits per heavy atom. The average Bonchev–Trinajstić information content (AvgIpc) is 3.07. The first-order chi connectivity index (χ1) is 22.4. The van der Waals surface area contributed by atoms with Crippen molar-refractivity contribution in [2.24, 2.45) is 11.8 Å². The second-order valence-corrected chi connectivity index (χ2v) is 12.0. The van der Waals surface area contributed by atoms with Gasteiger partial charge in [-0.2, -0.15) is 0 Å². The van der Waals surface area contributed by atoms with Crippen molar-refractivity contribution in [3.05, 3.63) is 114 Å². The number of carbonyl (C=O) groups is 3. The largest absolute Gasteiger partial charge is 0.489 e. The first-order valence-corrected chi connectivity index (χ1v) is 16.2. The zero-order valence-electron chi connectivity index (χ0n) is 26.6. The molecule has 1 aliphatic heterocycles. The Morgan fingerprint density at radius 3 is 2.28 bits per heavy atom. The van der Waals surface area contributed by atoms with Gasteiger partial charge in [0.25, 0.3) is 0 Å². The fourth-order valence-electron chi connectivity index (χ4n) is 5.47. The van der Waals surface area contributed by atoms with Crippen molar-refractivity contribution in [1.29, 1.82) is 0 Å². The van der Waals surface area contributed by atoms with Crippen LogP contribution in [-0.4, -0.2) is 48.2 Å². The van der Waals surface area contributed by atoms with Gasteiger partial charge in [-0.15, -0.1) is 0 Å². The predicted octanol–water partition coefficient (Wildman–Crippen LogP) is 5.33. The fourth-order valence-corrected chi connectivity index (χ4v) is 5.47. The summed E-state index contributed by atoms with van der Waals surface area (Å²) in [4.78, 5) is 39.7. The molecule has 0 spiro atoms. The van der Waals surface area contributed by atoms with Gasteiger partial charge in [-0.1, -0.05) is 84.9 Å². The molecule has 3 N–H and O–H groups in total. The molecular weight excluding hydrogens is 580 g/mol. The van der Waals surface area contributed by atoms with Crippen LogP contribution in [0, 0.1) is 11.8 Å². The van der Waals surface area contributed by atoms with E-state index in [1.807, 2.05) is 97.1 Å². The molecule has 2 amide bonds. The van der Waals surface area contributed by atoms with E-state index < -0.39 is 18.0 Å². The molecule has 1 aliphatic rings. The third-order valence-corrected chi connectivity index (χ3v) is 8.08. The SMILES string of the molecule is CC(CO)NC(=O)CC1CC=CCCCC(Cc2ccccc2)C(=O)OCC(Cc2ccc(OCc3ccccc3)cc2)NC1=O. The maximum Gasteiger partial charge on any atom is 0.309 e. The van der Waals surface area contributed by atoms with Gasteiger partial charge in [-0.05, 0) is 74.3 Å². The van der Waals surface area contributed by atoms with Crippen molar-refractivity contribution in [3.63, 3.8) is 0 Å². The number of nitrogens with one attached hydrogen (secondary N) is 2. The molecule has 8 heteroatoms. The first kappa shape index (κ1) is 34.4. The van der Waals surface area contributed by atoms with Crippen molar-refractivity contribution in [3.8, 4) is 5.75 Å². The highest BCUT2D eigenvalue weighted by molar-refractivity contribution is 5.86. The molecule has 0 fully saturated rings. The summed E-state index contributed by atoms with van der Waals surface area (Å²) in [6, 6.07) is 26.6. The van der Waals surface area contributed by atoms with Gasteiger partial charge < -0.3 is 25.2 Å². The smallest absolute Gasteiger partial charge is 0.309 e. The van der Waals surface area contributed by atoms with E-state index in [4.69, 9.17) is 9.47 Å². The third-order valence-electron chi connectivity index (χ3n) is 8.08. The number of hydrogen-bond donors (Lipinski definition) is 3. The number of hydrogen-bond acceptors (Lipinski definition) is 6. The lowest BCUT2D eigenvalue weighted by Gasteiger charge is -2.24.